The number of carbonyl (C=O) groups is 3. The maximum Gasteiger partial charge on any atom is 0.263 e. The molecule has 0 aliphatic carbocycles. The molecule has 0 aromatic heterocycles. The summed E-state index contributed by atoms with van der Waals surface area (Å²) in [7, 11) is 0. The van der Waals surface area contributed by atoms with Crippen LogP contribution in [0.25, 0.3) is 10.8 Å². The first kappa shape index (κ1) is 24.6. The monoisotopic (exact) mass is 525 g/mol. The van der Waals surface area contributed by atoms with E-state index in [9.17, 15) is 14.4 Å². The number of benzene rings is 3. The molecule has 7 nitrogen and oxygen atoms in total. The lowest BCUT2D eigenvalue weighted by atomic mass is 9.94. The number of halogens is 2. The average Bonchev–Trinajstić information content (AvgIpc) is 2.88. The van der Waals surface area contributed by atoms with Gasteiger partial charge in [-0.05, 0) is 42.6 Å². The Kier molecular flexibility index (Phi) is 6.88. The largest absolute Gasteiger partial charge is 0.479 e. The van der Waals surface area contributed by atoms with Crippen molar-refractivity contribution in [2.75, 3.05) is 39.3 Å². The quantitative estimate of drug-likeness (QED) is 0.447. The highest BCUT2D eigenvalue weighted by atomic mass is 35.5. The lowest BCUT2D eigenvalue weighted by Crippen LogP contribution is -2.53. The molecule has 2 heterocycles. The molecule has 5 rings (SSSR count). The lowest BCUT2D eigenvalue weighted by Gasteiger charge is -2.37. The molecule has 0 saturated carbocycles. The van der Waals surface area contributed by atoms with Crippen molar-refractivity contribution >= 4 is 51.7 Å². The van der Waals surface area contributed by atoms with Crippen molar-refractivity contribution in [1.29, 1.82) is 0 Å². The van der Waals surface area contributed by atoms with Crippen molar-refractivity contribution in [3.8, 4) is 5.75 Å². The van der Waals surface area contributed by atoms with Gasteiger partial charge in [0.2, 0.25) is 0 Å². The smallest absolute Gasteiger partial charge is 0.263 e. The van der Waals surface area contributed by atoms with Gasteiger partial charge < -0.3 is 9.64 Å². The van der Waals surface area contributed by atoms with E-state index in [-0.39, 0.29) is 17.7 Å². The summed E-state index contributed by atoms with van der Waals surface area (Å²) in [6, 6.07) is 15.9. The molecule has 1 atom stereocenters. The van der Waals surface area contributed by atoms with E-state index >= 15 is 0 Å². The number of nitrogens with zero attached hydrogens (tertiary/aromatic N) is 3. The van der Waals surface area contributed by atoms with Crippen LogP contribution in [0, 0.1) is 0 Å². The minimum atomic E-state index is -0.693. The lowest BCUT2D eigenvalue weighted by molar-refractivity contribution is -0.139. The van der Waals surface area contributed by atoms with Gasteiger partial charge in [-0.15, -0.1) is 0 Å². The van der Waals surface area contributed by atoms with E-state index in [4.69, 9.17) is 27.9 Å². The van der Waals surface area contributed by atoms with Gasteiger partial charge in [0.1, 0.15) is 5.75 Å². The predicted octanol–water partition coefficient (Wildman–Crippen LogP) is 4.35. The third-order valence-electron chi connectivity index (χ3n) is 6.73. The molecule has 3 amide bonds. The van der Waals surface area contributed by atoms with Crippen LogP contribution in [0.3, 0.4) is 0 Å². The molecular weight excluding hydrogens is 501 g/mol. The van der Waals surface area contributed by atoms with Gasteiger partial charge in [0, 0.05) is 60.8 Å². The Labute approximate surface area is 219 Å². The Hall–Kier alpha value is -3.13. The van der Waals surface area contributed by atoms with E-state index < -0.39 is 6.10 Å². The van der Waals surface area contributed by atoms with Crippen LogP contribution < -0.4 is 4.74 Å². The van der Waals surface area contributed by atoms with Crippen molar-refractivity contribution in [3.63, 3.8) is 0 Å². The molecule has 186 valence electrons. The minimum Gasteiger partial charge on any atom is -0.479 e. The second kappa shape index (κ2) is 10.1. The molecule has 0 unspecified atom stereocenters. The number of hydrogen-bond acceptors (Lipinski definition) is 5. The van der Waals surface area contributed by atoms with Gasteiger partial charge in [0.15, 0.2) is 6.10 Å². The first-order chi connectivity index (χ1) is 17.3. The first-order valence-electron chi connectivity index (χ1n) is 11.8. The Morgan fingerprint density at radius 1 is 0.917 bits per heavy atom. The second-order valence-electron chi connectivity index (χ2n) is 8.97. The standard InChI is InChI=1S/C27H25Cl2N3O4/c1-17(36-23-9-8-19(28)16-22(23)29)25(33)31-13-10-30(11-14-31)12-15-32-26(34)20-6-2-4-18-5-3-7-21(24(18)20)27(32)35/h2-9,16-17H,10-15H2,1H3/t17-/m0/s1. The molecule has 9 heteroatoms. The molecular formula is C27H25Cl2N3O4. The fourth-order valence-electron chi connectivity index (χ4n) is 4.79. The summed E-state index contributed by atoms with van der Waals surface area (Å²) >= 11 is 12.1. The highest BCUT2D eigenvalue weighted by Gasteiger charge is 2.33. The molecule has 2 aliphatic heterocycles. The zero-order valence-electron chi connectivity index (χ0n) is 19.7. The zero-order chi connectivity index (χ0) is 25.4. The van der Waals surface area contributed by atoms with E-state index in [1.54, 1.807) is 42.2 Å². The van der Waals surface area contributed by atoms with Crippen molar-refractivity contribution in [2.24, 2.45) is 0 Å². The van der Waals surface area contributed by atoms with E-state index in [0.29, 0.717) is 66.2 Å². The van der Waals surface area contributed by atoms with Crippen LogP contribution in [0.1, 0.15) is 27.6 Å². The Morgan fingerprint density at radius 2 is 1.56 bits per heavy atom. The highest BCUT2D eigenvalue weighted by Crippen LogP contribution is 2.30. The summed E-state index contributed by atoms with van der Waals surface area (Å²) in [5.74, 6) is -0.227. The number of carbonyl (C=O) groups excluding carboxylic acids is 3. The summed E-state index contributed by atoms with van der Waals surface area (Å²) in [5, 5.41) is 2.47. The van der Waals surface area contributed by atoms with Crippen LogP contribution in [0.4, 0.5) is 0 Å². The van der Waals surface area contributed by atoms with Crippen molar-refractivity contribution in [1.82, 2.24) is 14.7 Å². The van der Waals surface area contributed by atoms with E-state index in [1.807, 2.05) is 24.3 Å². The number of imide groups is 1. The number of amides is 3. The fourth-order valence-corrected chi connectivity index (χ4v) is 5.24. The Balaban J connectivity index is 1.16. The van der Waals surface area contributed by atoms with Gasteiger partial charge in [-0.25, -0.2) is 0 Å². The van der Waals surface area contributed by atoms with Gasteiger partial charge in [-0.2, -0.15) is 0 Å². The molecule has 0 bridgehead atoms. The summed E-state index contributed by atoms with van der Waals surface area (Å²) in [4.78, 5) is 44.4. The summed E-state index contributed by atoms with van der Waals surface area (Å²) < 4.78 is 5.77. The van der Waals surface area contributed by atoms with E-state index in [2.05, 4.69) is 4.90 Å². The van der Waals surface area contributed by atoms with E-state index in [1.165, 1.54) is 4.90 Å². The van der Waals surface area contributed by atoms with Gasteiger partial charge in [-0.3, -0.25) is 24.2 Å². The van der Waals surface area contributed by atoms with Gasteiger partial charge >= 0.3 is 0 Å². The molecule has 0 radical (unpaired) electrons. The molecule has 3 aromatic rings. The Morgan fingerprint density at radius 3 is 2.17 bits per heavy atom. The first-order valence-corrected chi connectivity index (χ1v) is 12.6. The van der Waals surface area contributed by atoms with Crippen molar-refractivity contribution in [3.05, 3.63) is 75.8 Å². The minimum absolute atomic E-state index is 0.119. The molecule has 36 heavy (non-hydrogen) atoms. The van der Waals surface area contributed by atoms with Crippen LogP contribution >= 0.6 is 23.2 Å². The van der Waals surface area contributed by atoms with E-state index in [0.717, 1.165) is 10.8 Å². The zero-order valence-corrected chi connectivity index (χ0v) is 21.3. The Bertz CT molecular complexity index is 1300. The summed E-state index contributed by atoms with van der Waals surface area (Å²) in [6.45, 7) is 4.89. The van der Waals surface area contributed by atoms with Gasteiger partial charge in [0.25, 0.3) is 17.7 Å². The maximum atomic E-state index is 13.1. The fraction of sp³-hybridized carbons (Fsp3) is 0.296. The molecule has 0 N–H and O–H groups in total. The normalized spacial score (nSPS) is 17.0. The van der Waals surface area contributed by atoms with Crippen LogP contribution in [0.2, 0.25) is 10.0 Å². The topological polar surface area (TPSA) is 70.2 Å². The maximum absolute atomic E-state index is 13.1. The highest BCUT2D eigenvalue weighted by molar-refractivity contribution is 6.35. The van der Waals surface area contributed by atoms with Crippen LogP contribution in [-0.4, -0.2) is 77.8 Å². The second-order valence-corrected chi connectivity index (χ2v) is 9.82. The molecule has 2 aliphatic rings. The number of hydrogen-bond donors (Lipinski definition) is 0. The van der Waals surface area contributed by atoms with Crippen molar-refractivity contribution in [2.45, 2.75) is 13.0 Å². The number of piperazine rings is 1. The number of rotatable bonds is 6. The van der Waals surface area contributed by atoms with Gasteiger partial charge in [-0.1, -0.05) is 47.5 Å². The SMILES string of the molecule is C[C@H](Oc1ccc(Cl)cc1Cl)C(=O)N1CCN(CCN2C(=O)c3cccc4cccc(c34)C2=O)CC1. The third-order valence-corrected chi connectivity index (χ3v) is 7.26. The predicted molar refractivity (Wildman–Crippen MR) is 139 cm³/mol. The van der Waals surface area contributed by atoms with Crippen LogP contribution in [-0.2, 0) is 4.79 Å². The summed E-state index contributed by atoms with van der Waals surface area (Å²) in [5.41, 5.74) is 1.13. The van der Waals surface area contributed by atoms with Crippen molar-refractivity contribution < 1.29 is 19.1 Å². The summed E-state index contributed by atoms with van der Waals surface area (Å²) in [6.07, 6.45) is -0.693. The van der Waals surface area contributed by atoms with Gasteiger partial charge in [0.05, 0.1) is 5.02 Å². The third kappa shape index (κ3) is 4.66. The molecule has 1 fully saturated rings. The number of ether oxygens (including phenoxy) is 1. The molecule has 0 spiro atoms. The van der Waals surface area contributed by atoms with Crippen LogP contribution in [0.5, 0.6) is 5.75 Å². The average molecular weight is 526 g/mol. The molecule has 1 saturated heterocycles. The molecule has 3 aromatic carbocycles. The van der Waals surface area contributed by atoms with Crippen LogP contribution in [0.15, 0.2) is 54.6 Å².